The Hall–Kier alpha value is -9.60. The highest BCUT2D eigenvalue weighted by atomic mass is 15.2. The van der Waals surface area contributed by atoms with Gasteiger partial charge in [-0.15, -0.1) is 0 Å². The van der Waals surface area contributed by atoms with Gasteiger partial charge in [0.05, 0.1) is 33.1 Å². The molecule has 5 aromatic heterocycles. The zero-order valence-corrected chi connectivity index (χ0v) is 36.9. The molecule has 9 aromatic carbocycles. The molecule has 0 aliphatic carbocycles. The molecule has 9 nitrogen and oxygen atoms in total. The molecule has 14 rings (SSSR count). The molecule has 0 saturated carbocycles. The second-order valence-corrected chi connectivity index (χ2v) is 17.2. The summed E-state index contributed by atoms with van der Waals surface area (Å²) in [4.78, 5) is 31.2. The number of hydrogen-bond acceptors (Lipinski definition) is 6. The highest BCUT2D eigenvalue weighted by Gasteiger charge is 2.23. The van der Waals surface area contributed by atoms with Gasteiger partial charge in [0.1, 0.15) is 0 Å². The number of rotatable bonds is 7. The van der Waals surface area contributed by atoms with E-state index < -0.39 is 0 Å². The van der Waals surface area contributed by atoms with Gasteiger partial charge in [-0.2, -0.15) is 19.9 Å². The van der Waals surface area contributed by atoms with Gasteiger partial charge >= 0.3 is 0 Å². The maximum atomic E-state index is 5.41. The molecule has 0 aliphatic heterocycles. The Labute approximate surface area is 394 Å². The second-order valence-electron chi connectivity index (χ2n) is 17.2. The summed E-state index contributed by atoms with van der Waals surface area (Å²) in [7, 11) is 0. The van der Waals surface area contributed by atoms with Gasteiger partial charge in [-0.05, 0) is 60.7 Å². The zero-order valence-electron chi connectivity index (χ0n) is 36.9. The van der Waals surface area contributed by atoms with Crippen molar-refractivity contribution in [2.45, 2.75) is 0 Å². The number of fused-ring (bicyclic) bond motifs is 9. The fourth-order valence-electron chi connectivity index (χ4n) is 10.0. The van der Waals surface area contributed by atoms with Crippen molar-refractivity contribution in [2.24, 2.45) is 0 Å². The van der Waals surface area contributed by atoms with Crippen LogP contribution in [-0.4, -0.2) is 43.6 Å². The van der Waals surface area contributed by atoms with E-state index in [1.807, 2.05) is 78.9 Å². The fourth-order valence-corrected chi connectivity index (χ4v) is 10.0. The lowest BCUT2D eigenvalue weighted by atomic mass is 10.1. The first-order chi connectivity index (χ1) is 34.2. The number of para-hydroxylation sites is 4. The van der Waals surface area contributed by atoms with E-state index in [9.17, 15) is 0 Å². The van der Waals surface area contributed by atoms with Gasteiger partial charge in [-0.25, -0.2) is 9.97 Å². The van der Waals surface area contributed by atoms with Crippen molar-refractivity contribution < 1.29 is 0 Å². The first kappa shape index (κ1) is 38.6. The zero-order chi connectivity index (χ0) is 45.4. The van der Waals surface area contributed by atoms with Crippen LogP contribution in [0.1, 0.15) is 0 Å². The molecule has 0 radical (unpaired) electrons. The van der Waals surface area contributed by atoms with Crippen molar-refractivity contribution in [3.05, 3.63) is 224 Å². The van der Waals surface area contributed by atoms with Crippen LogP contribution in [0.15, 0.2) is 224 Å². The second kappa shape index (κ2) is 15.5. The Kier molecular flexibility index (Phi) is 8.68. The van der Waals surface area contributed by atoms with E-state index in [2.05, 4.69) is 159 Å². The Bertz CT molecular complexity index is 4230. The monoisotopic (exact) mass is 883 g/mol. The lowest BCUT2D eigenvalue weighted by Gasteiger charge is -2.12. The lowest BCUT2D eigenvalue weighted by Crippen LogP contribution is -2.07. The molecule has 5 heterocycles. The third kappa shape index (κ3) is 6.25. The van der Waals surface area contributed by atoms with E-state index in [0.717, 1.165) is 82.6 Å². The lowest BCUT2D eigenvalue weighted by molar-refractivity contribution is 0.952. The maximum absolute atomic E-state index is 5.41. The molecule has 0 spiro atoms. The van der Waals surface area contributed by atoms with Crippen molar-refractivity contribution in [3.63, 3.8) is 0 Å². The molecular weight excluding hydrogens is 847 g/mol. The standard InChI is InChI=1S/C60H37N9/c1-5-19-38(20-6-1)55-61-56(39-21-7-2-8-22-39)64-59(63-55)68-50-31-17-14-27-43(50)46-35-41(33-34-52(46)68)58-62-57(40-23-9-3-10-24-40)65-60(66-58)69-51-32-18-15-29-45(51)48-36-47-44-28-13-16-30-49(44)67(53(47)37-54(48)69)42-25-11-4-12-26-42/h1-37H. The molecular formula is C60H37N9. The van der Waals surface area contributed by atoms with Crippen LogP contribution in [0.4, 0.5) is 0 Å². The van der Waals surface area contributed by atoms with Crippen LogP contribution < -0.4 is 0 Å². The van der Waals surface area contributed by atoms with Crippen LogP contribution in [0.3, 0.4) is 0 Å². The van der Waals surface area contributed by atoms with Gasteiger partial charge in [0.25, 0.3) is 0 Å². The predicted molar refractivity (Wildman–Crippen MR) is 278 cm³/mol. The Morgan fingerprint density at radius 1 is 0.217 bits per heavy atom. The minimum atomic E-state index is 0.529. The summed E-state index contributed by atoms with van der Waals surface area (Å²) >= 11 is 0. The van der Waals surface area contributed by atoms with Crippen LogP contribution in [0.5, 0.6) is 0 Å². The highest BCUT2D eigenvalue weighted by Crippen LogP contribution is 2.40. The summed E-state index contributed by atoms with van der Waals surface area (Å²) in [6, 6.07) is 77.5. The third-order valence-electron chi connectivity index (χ3n) is 13.2. The summed E-state index contributed by atoms with van der Waals surface area (Å²) in [5.74, 6) is 3.39. The average molecular weight is 884 g/mol. The van der Waals surface area contributed by atoms with E-state index in [4.69, 9.17) is 29.9 Å². The number of nitrogens with zero attached hydrogens (tertiary/aromatic N) is 9. The molecule has 0 bridgehead atoms. The van der Waals surface area contributed by atoms with Gasteiger partial charge in [0, 0.05) is 60.3 Å². The van der Waals surface area contributed by atoms with E-state index >= 15 is 0 Å². The molecule has 0 amide bonds. The van der Waals surface area contributed by atoms with Crippen molar-refractivity contribution in [1.29, 1.82) is 0 Å². The Morgan fingerprint density at radius 3 is 1.04 bits per heavy atom. The van der Waals surface area contributed by atoms with E-state index in [0.29, 0.717) is 35.2 Å². The molecule has 0 saturated heterocycles. The van der Waals surface area contributed by atoms with Gasteiger partial charge in [-0.1, -0.05) is 164 Å². The number of aromatic nitrogens is 9. The van der Waals surface area contributed by atoms with Gasteiger partial charge < -0.3 is 4.57 Å². The fraction of sp³-hybridized carbons (Fsp3) is 0. The molecule has 14 aromatic rings. The molecule has 322 valence electrons. The Balaban J connectivity index is 1.00. The normalized spacial score (nSPS) is 11.8. The molecule has 0 aliphatic rings. The molecule has 0 unspecified atom stereocenters. The van der Waals surface area contributed by atoms with E-state index in [1.165, 1.54) is 10.8 Å². The minimum Gasteiger partial charge on any atom is -0.309 e. The molecule has 0 N–H and O–H groups in total. The summed E-state index contributed by atoms with van der Waals surface area (Å²) < 4.78 is 6.69. The van der Waals surface area contributed by atoms with Crippen molar-refractivity contribution in [3.8, 4) is 63.1 Å². The molecule has 0 fully saturated rings. The molecule has 0 atom stereocenters. The first-order valence-corrected chi connectivity index (χ1v) is 23.0. The largest absolute Gasteiger partial charge is 0.309 e. The summed E-state index contributed by atoms with van der Waals surface area (Å²) in [6.07, 6.45) is 0. The van der Waals surface area contributed by atoms with E-state index in [1.54, 1.807) is 0 Å². The van der Waals surface area contributed by atoms with Crippen LogP contribution in [0.2, 0.25) is 0 Å². The van der Waals surface area contributed by atoms with Gasteiger partial charge in [0.2, 0.25) is 11.9 Å². The van der Waals surface area contributed by atoms with Crippen molar-refractivity contribution >= 4 is 65.4 Å². The average Bonchev–Trinajstić information content (AvgIpc) is 4.06. The van der Waals surface area contributed by atoms with Gasteiger partial charge in [0.15, 0.2) is 23.3 Å². The van der Waals surface area contributed by atoms with Crippen LogP contribution >= 0.6 is 0 Å². The maximum Gasteiger partial charge on any atom is 0.238 e. The highest BCUT2D eigenvalue weighted by molar-refractivity contribution is 6.19. The Morgan fingerprint density at radius 2 is 0.565 bits per heavy atom. The number of benzene rings is 9. The molecule has 69 heavy (non-hydrogen) atoms. The van der Waals surface area contributed by atoms with Crippen molar-refractivity contribution in [1.82, 2.24) is 43.6 Å². The van der Waals surface area contributed by atoms with Crippen molar-refractivity contribution in [2.75, 3.05) is 0 Å². The van der Waals surface area contributed by atoms with Crippen LogP contribution in [0, 0.1) is 0 Å². The smallest absolute Gasteiger partial charge is 0.238 e. The van der Waals surface area contributed by atoms with E-state index in [-0.39, 0.29) is 0 Å². The summed E-state index contributed by atoms with van der Waals surface area (Å²) in [5.41, 5.74) is 10.8. The minimum absolute atomic E-state index is 0.529. The van der Waals surface area contributed by atoms with Gasteiger partial charge in [-0.3, -0.25) is 9.13 Å². The topological polar surface area (TPSA) is 92.1 Å². The van der Waals surface area contributed by atoms with Crippen LogP contribution in [-0.2, 0) is 0 Å². The third-order valence-corrected chi connectivity index (χ3v) is 13.2. The molecule has 9 heteroatoms. The number of hydrogen-bond donors (Lipinski definition) is 0. The first-order valence-electron chi connectivity index (χ1n) is 23.0. The summed E-state index contributed by atoms with van der Waals surface area (Å²) in [6.45, 7) is 0. The van der Waals surface area contributed by atoms with Crippen LogP contribution in [0.25, 0.3) is 129 Å². The quantitative estimate of drug-likeness (QED) is 0.158. The SMILES string of the molecule is c1ccc(-c2nc(-c3ccccc3)nc(-n3c4ccccc4c4cc(-c5nc(-c6ccccc6)nc(-n6c7ccccc7c7cc8c9ccccc9n(-c9ccccc9)c8cc76)n5)ccc43)n2)cc1. The predicted octanol–water partition coefficient (Wildman–Crippen LogP) is 14.0. The summed E-state index contributed by atoms with van der Waals surface area (Å²) in [5, 5.41) is 6.69.